The normalized spacial score (nSPS) is 9.02. The van der Waals surface area contributed by atoms with Crippen LogP contribution in [-0.4, -0.2) is 60.4 Å². The average Bonchev–Trinajstić information content (AvgIpc) is 3.12. The molecule has 4 rings (SSSR count). The molecule has 0 atom stereocenters. The molecule has 45 heavy (non-hydrogen) atoms. The molecule has 0 unspecified atom stereocenters. The highest BCUT2D eigenvalue weighted by Crippen LogP contribution is 2.02. The van der Waals surface area contributed by atoms with Gasteiger partial charge in [-0.3, -0.25) is 4.79 Å². The first-order valence-corrected chi connectivity index (χ1v) is 14.2. The van der Waals surface area contributed by atoms with Crippen LogP contribution >= 0.6 is 0 Å². The van der Waals surface area contributed by atoms with E-state index in [1.807, 2.05) is 115 Å². The molecule has 4 aromatic carbocycles. The maximum absolute atomic E-state index is 9.98. The van der Waals surface area contributed by atoms with Crippen molar-refractivity contribution in [1.29, 1.82) is 0 Å². The number of aldehydes is 2. The molecule has 4 N–H and O–H groups in total. The number of benzene rings is 4. The second-order valence-corrected chi connectivity index (χ2v) is 8.41. The zero-order chi connectivity index (χ0) is 32.9. The Kier molecular flexibility index (Phi) is 37.5. The number of rotatable bonds is 10. The topological polar surface area (TPSA) is 115 Å². The lowest BCUT2D eigenvalue weighted by molar-refractivity contribution is -0.107. The van der Waals surface area contributed by atoms with Crippen molar-refractivity contribution >= 4 is 24.7 Å². The lowest BCUT2D eigenvalue weighted by Crippen LogP contribution is -1.87. The number of aryl methyl sites for hydroxylation is 2. The standard InChI is InChI=1S/C9H12O.2C9H10O.C9H8O.2CH4O.CH4.4H2/c4*10-8-4-7-9-5-2-1-3-6-9;2*1-2;;;;;/h1-3,5-6,10H,4,7-8H2;1-3,5-6,8H,4,7H2;1-7,10H,8H2;1-8H;2*2H,1H3;1H4;4*1H/b;;2*7-4+;;;;;;;. The van der Waals surface area contributed by atoms with Crippen molar-refractivity contribution in [3.05, 3.63) is 156 Å². The minimum atomic E-state index is 0. The molecule has 0 heterocycles. The molecule has 0 fully saturated rings. The second-order valence-electron chi connectivity index (χ2n) is 8.41. The Labute approximate surface area is 276 Å². The lowest BCUT2D eigenvalue weighted by Gasteiger charge is -1.96. The molecule has 0 bridgehead atoms. The molecule has 4 aromatic rings. The third kappa shape index (κ3) is 29.4. The van der Waals surface area contributed by atoms with Crippen LogP contribution < -0.4 is 0 Å². The van der Waals surface area contributed by atoms with E-state index in [1.165, 1.54) is 17.2 Å². The Bertz CT molecular complexity index is 1200. The molecular weight excluding hydrogens is 564 g/mol. The summed E-state index contributed by atoms with van der Waals surface area (Å²) in [5, 5.41) is 31.0. The molecule has 0 aliphatic carbocycles. The fraction of sp³-hybridized carbons (Fsp3) is 0.231. The summed E-state index contributed by atoms with van der Waals surface area (Å²) < 4.78 is 0. The van der Waals surface area contributed by atoms with Crippen LogP contribution in [0, 0.1) is 0 Å². The predicted octanol–water partition coefficient (Wildman–Crippen LogP) is 7.86. The quantitative estimate of drug-likeness (QED) is 0.105. The highest BCUT2D eigenvalue weighted by molar-refractivity contribution is 5.73. The molecule has 6 heteroatoms. The van der Waals surface area contributed by atoms with Gasteiger partial charge >= 0.3 is 0 Å². The summed E-state index contributed by atoms with van der Waals surface area (Å²) in [5.74, 6) is 0. The van der Waals surface area contributed by atoms with Crippen LogP contribution in [-0.2, 0) is 22.4 Å². The van der Waals surface area contributed by atoms with Crippen LogP contribution in [0.15, 0.2) is 133 Å². The van der Waals surface area contributed by atoms with Crippen molar-refractivity contribution in [3.8, 4) is 0 Å². The first kappa shape index (κ1) is 45.0. The molecule has 0 amide bonds. The van der Waals surface area contributed by atoms with E-state index in [1.54, 1.807) is 12.2 Å². The summed E-state index contributed by atoms with van der Waals surface area (Å²) in [6, 6.07) is 39.8. The van der Waals surface area contributed by atoms with Crippen LogP contribution in [0.1, 0.15) is 48.2 Å². The summed E-state index contributed by atoms with van der Waals surface area (Å²) in [5.41, 5.74) is 4.71. The van der Waals surface area contributed by atoms with Gasteiger partial charge in [-0.1, -0.05) is 147 Å². The second kappa shape index (κ2) is 37.6. The summed E-state index contributed by atoms with van der Waals surface area (Å²) >= 11 is 0. The molecule has 0 aliphatic rings. The van der Waals surface area contributed by atoms with E-state index in [2.05, 4.69) is 12.1 Å². The Balaban J connectivity index is -0.0000000897. The van der Waals surface area contributed by atoms with Gasteiger partial charge in [-0.05, 0) is 47.6 Å². The molecule has 252 valence electrons. The molecule has 0 radical (unpaired) electrons. The zero-order valence-corrected chi connectivity index (χ0v) is 25.9. The summed E-state index contributed by atoms with van der Waals surface area (Å²) in [6.07, 6.45) is 11.9. The molecule has 0 spiro atoms. The lowest BCUT2D eigenvalue weighted by atomic mass is 10.1. The van der Waals surface area contributed by atoms with Gasteiger partial charge < -0.3 is 25.2 Å². The van der Waals surface area contributed by atoms with Gasteiger partial charge in [-0.25, -0.2) is 0 Å². The Morgan fingerprint density at radius 2 is 0.978 bits per heavy atom. The fourth-order valence-corrected chi connectivity index (χ4v) is 3.27. The number of allylic oxidation sites excluding steroid dienone is 1. The number of carbonyl (C=O) groups is 2. The van der Waals surface area contributed by atoms with Crippen molar-refractivity contribution in [2.24, 2.45) is 0 Å². The van der Waals surface area contributed by atoms with Crippen molar-refractivity contribution in [3.63, 3.8) is 0 Å². The van der Waals surface area contributed by atoms with Crippen LogP contribution in [0.5, 0.6) is 0 Å². The number of aliphatic hydroxyl groups excluding tert-OH is 4. The van der Waals surface area contributed by atoms with Crippen molar-refractivity contribution in [1.82, 2.24) is 0 Å². The first-order chi connectivity index (χ1) is 21.7. The highest BCUT2D eigenvalue weighted by atomic mass is 16.3. The van der Waals surface area contributed by atoms with Gasteiger partial charge in [-0.15, -0.1) is 0 Å². The van der Waals surface area contributed by atoms with Crippen LogP contribution in [0.4, 0.5) is 0 Å². The van der Waals surface area contributed by atoms with E-state index in [-0.39, 0.29) is 26.3 Å². The smallest absolute Gasteiger partial charge is 0.142 e. The fourth-order valence-electron chi connectivity index (χ4n) is 3.27. The van der Waals surface area contributed by atoms with Crippen molar-refractivity contribution in [2.45, 2.75) is 33.1 Å². The van der Waals surface area contributed by atoms with Crippen molar-refractivity contribution in [2.75, 3.05) is 27.4 Å². The van der Waals surface area contributed by atoms with Gasteiger partial charge in [0.25, 0.3) is 0 Å². The SMILES string of the molecule is C.CO.CO.O=C/C=C/c1ccccc1.O=CCCc1ccccc1.OC/C=C/c1ccccc1.OCCCc1ccccc1.[HH].[HH].[HH].[HH]. The number of hydrogen-bond donors (Lipinski definition) is 4. The van der Waals surface area contributed by atoms with Crippen LogP contribution in [0.25, 0.3) is 12.2 Å². The summed E-state index contributed by atoms with van der Waals surface area (Å²) in [6.45, 7) is 0.393. The van der Waals surface area contributed by atoms with Gasteiger partial charge in [-0.2, -0.15) is 0 Å². The van der Waals surface area contributed by atoms with E-state index in [0.717, 1.165) is 57.2 Å². The van der Waals surface area contributed by atoms with E-state index in [4.69, 9.17) is 20.4 Å². The molecule has 6 nitrogen and oxygen atoms in total. The largest absolute Gasteiger partial charge is 0.400 e. The Hall–Kier alpha value is -4.46. The van der Waals surface area contributed by atoms with E-state index in [9.17, 15) is 9.59 Å². The monoisotopic (exact) mass is 624 g/mol. The van der Waals surface area contributed by atoms with E-state index < -0.39 is 0 Å². The third-order valence-electron chi connectivity index (χ3n) is 5.24. The predicted molar refractivity (Wildman–Crippen MR) is 198 cm³/mol. The Morgan fingerprint density at radius 1 is 0.578 bits per heavy atom. The zero-order valence-electron chi connectivity index (χ0n) is 25.9. The summed E-state index contributed by atoms with van der Waals surface area (Å²) in [7, 11) is 2.00. The van der Waals surface area contributed by atoms with Gasteiger partial charge in [0.05, 0.1) is 6.61 Å². The highest BCUT2D eigenvalue weighted by Gasteiger charge is 1.88. The maximum Gasteiger partial charge on any atom is 0.142 e. The first-order valence-electron chi connectivity index (χ1n) is 14.2. The third-order valence-corrected chi connectivity index (χ3v) is 5.24. The minimum Gasteiger partial charge on any atom is -0.400 e. The molecular formula is C39H60O6. The van der Waals surface area contributed by atoms with Gasteiger partial charge in [0.1, 0.15) is 12.6 Å². The number of carbonyl (C=O) groups excluding carboxylic acids is 2. The summed E-state index contributed by atoms with van der Waals surface area (Å²) in [4.78, 5) is 19.9. The van der Waals surface area contributed by atoms with Gasteiger partial charge in [0, 0.05) is 33.0 Å². The molecule has 0 aromatic heterocycles. The van der Waals surface area contributed by atoms with E-state index >= 15 is 0 Å². The van der Waals surface area contributed by atoms with Gasteiger partial charge in [0.2, 0.25) is 0 Å². The van der Waals surface area contributed by atoms with E-state index in [0.29, 0.717) is 6.42 Å². The van der Waals surface area contributed by atoms with Crippen LogP contribution in [0.2, 0.25) is 0 Å². The minimum absolute atomic E-state index is 0. The maximum atomic E-state index is 9.98. The average molecular weight is 625 g/mol. The van der Waals surface area contributed by atoms with Crippen molar-refractivity contribution < 1.29 is 35.7 Å². The number of hydrogen-bond acceptors (Lipinski definition) is 6. The van der Waals surface area contributed by atoms with Crippen LogP contribution in [0.3, 0.4) is 0 Å². The Morgan fingerprint density at radius 3 is 1.36 bits per heavy atom. The number of aliphatic hydroxyl groups is 4. The molecule has 0 saturated heterocycles. The molecule has 0 aliphatic heterocycles. The van der Waals surface area contributed by atoms with Gasteiger partial charge in [0.15, 0.2) is 0 Å². The molecule has 0 saturated carbocycles.